The summed E-state index contributed by atoms with van der Waals surface area (Å²) in [6, 6.07) is 14.2. The Kier molecular flexibility index (Phi) is 3.45. The second-order valence-corrected chi connectivity index (χ2v) is 5.40. The molecule has 3 heteroatoms. The first kappa shape index (κ1) is 13.1. The molecule has 0 spiro atoms. The molecule has 0 heterocycles. The highest BCUT2D eigenvalue weighted by Gasteiger charge is 2.31. The summed E-state index contributed by atoms with van der Waals surface area (Å²) in [5.41, 5.74) is 8.79. The maximum Gasteiger partial charge on any atom is 0.123 e. The molecule has 3 atom stereocenters. The number of fused-ring (bicyclic) bond motifs is 1. The van der Waals surface area contributed by atoms with Gasteiger partial charge in [-0.15, -0.1) is 0 Å². The maximum absolute atomic E-state index is 12.9. The Balaban J connectivity index is 1.84. The van der Waals surface area contributed by atoms with E-state index in [2.05, 4.69) is 19.1 Å². The van der Waals surface area contributed by atoms with Crippen molar-refractivity contribution in [2.24, 2.45) is 5.73 Å². The summed E-state index contributed by atoms with van der Waals surface area (Å²) in [7, 11) is 0. The zero-order valence-corrected chi connectivity index (χ0v) is 11.4. The molecule has 0 aromatic heterocycles. The zero-order chi connectivity index (χ0) is 14.1. The van der Waals surface area contributed by atoms with E-state index in [1.165, 1.54) is 17.7 Å². The van der Waals surface area contributed by atoms with E-state index in [9.17, 15) is 4.39 Å². The molecule has 0 aliphatic heterocycles. The van der Waals surface area contributed by atoms with Crippen LogP contribution in [0.4, 0.5) is 4.39 Å². The predicted molar refractivity (Wildman–Crippen MR) is 77.2 cm³/mol. The molecule has 0 saturated carbocycles. The van der Waals surface area contributed by atoms with Gasteiger partial charge in [-0.2, -0.15) is 0 Å². The normalized spacial score (nSPS) is 25.1. The van der Waals surface area contributed by atoms with Crippen LogP contribution in [0.3, 0.4) is 0 Å². The van der Waals surface area contributed by atoms with Crippen molar-refractivity contribution in [3.8, 4) is 5.75 Å². The molecule has 1 aliphatic rings. The van der Waals surface area contributed by atoms with Crippen molar-refractivity contribution in [1.29, 1.82) is 0 Å². The maximum atomic E-state index is 12.9. The van der Waals surface area contributed by atoms with Crippen LogP contribution in [0, 0.1) is 5.82 Å². The van der Waals surface area contributed by atoms with Crippen molar-refractivity contribution in [3.05, 3.63) is 65.5 Å². The van der Waals surface area contributed by atoms with Gasteiger partial charge < -0.3 is 10.5 Å². The van der Waals surface area contributed by atoms with E-state index >= 15 is 0 Å². The molecule has 104 valence electrons. The van der Waals surface area contributed by atoms with Gasteiger partial charge in [0.05, 0.1) is 6.04 Å². The molecule has 3 rings (SSSR count). The van der Waals surface area contributed by atoms with E-state index in [0.717, 1.165) is 12.0 Å². The lowest BCUT2D eigenvalue weighted by atomic mass is 9.79. The predicted octanol–water partition coefficient (Wildman–Crippen LogP) is 3.78. The van der Waals surface area contributed by atoms with Crippen molar-refractivity contribution < 1.29 is 9.13 Å². The highest BCUT2D eigenvalue weighted by molar-refractivity contribution is 5.36. The van der Waals surface area contributed by atoms with Crippen LogP contribution in [-0.2, 0) is 0 Å². The van der Waals surface area contributed by atoms with Crippen molar-refractivity contribution in [1.82, 2.24) is 0 Å². The third-order valence-electron chi connectivity index (χ3n) is 3.97. The van der Waals surface area contributed by atoms with E-state index in [-0.39, 0.29) is 18.0 Å². The molecular weight excluding hydrogens is 253 g/mol. The van der Waals surface area contributed by atoms with Crippen LogP contribution in [-0.4, -0.2) is 6.10 Å². The van der Waals surface area contributed by atoms with Gasteiger partial charge in [-0.1, -0.05) is 31.2 Å². The lowest BCUT2D eigenvalue weighted by Crippen LogP contribution is -2.37. The minimum atomic E-state index is -0.260. The van der Waals surface area contributed by atoms with E-state index in [0.29, 0.717) is 11.7 Å². The first-order valence-corrected chi connectivity index (χ1v) is 6.92. The van der Waals surface area contributed by atoms with E-state index in [1.54, 1.807) is 12.1 Å². The summed E-state index contributed by atoms with van der Waals surface area (Å²) in [6.45, 7) is 2.19. The van der Waals surface area contributed by atoms with Crippen molar-refractivity contribution >= 4 is 0 Å². The van der Waals surface area contributed by atoms with Gasteiger partial charge in [0.1, 0.15) is 17.7 Å². The van der Waals surface area contributed by atoms with Crippen molar-refractivity contribution in [2.75, 3.05) is 0 Å². The summed E-state index contributed by atoms with van der Waals surface area (Å²) in [5.74, 6) is 0.818. The van der Waals surface area contributed by atoms with Crippen LogP contribution >= 0.6 is 0 Å². The summed E-state index contributed by atoms with van der Waals surface area (Å²) in [5, 5.41) is 0. The SMILES string of the molecule is CC1CC(Oc2ccc(F)cc2)C(N)c2ccccc21. The number of ether oxygens (including phenoxy) is 1. The average Bonchev–Trinajstić information content (AvgIpc) is 2.47. The summed E-state index contributed by atoms with van der Waals surface area (Å²) in [4.78, 5) is 0. The molecule has 2 N–H and O–H groups in total. The van der Waals surface area contributed by atoms with Gasteiger partial charge in [-0.3, -0.25) is 0 Å². The van der Waals surface area contributed by atoms with Gasteiger partial charge in [-0.05, 0) is 47.7 Å². The Labute approximate surface area is 118 Å². The van der Waals surface area contributed by atoms with E-state index in [4.69, 9.17) is 10.5 Å². The number of rotatable bonds is 2. The van der Waals surface area contributed by atoms with Crippen LogP contribution in [0.2, 0.25) is 0 Å². The minimum Gasteiger partial charge on any atom is -0.488 e. The molecule has 20 heavy (non-hydrogen) atoms. The molecular formula is C17H18FNO. The van der Waals surface area contributed by atoms with Gasteiger partial charge in [0.15, 0.2) is 0 Å². The van der Waals surface area contributed by atoms with Gasteiger partial charge in [0, 0.05) is 0 Å². The molecule has 0 fully saturated rings. The Morgan fingerprint density at radius 3 is 2.40 bits per heavy atom. The Hall–Kier alpha value is -1.87. The first-order chi connectivity index (χ1) is 9.65. The van der Waals surface area contributed by atoms with Gasteiger partial charge in [-0.25, -0.2) is 4.39 Å². The number of hydrogen-bond acceptors (Lipinski definition) is 2. The standard InChI is InChI=1S/C17H18FNO/c1-11-10-16(20-13-8-6-12(18)7-9-13)17(19)15-5-3-2-4-14(11)15/h2-9,11,16-17H,10,19H2,1H3. The molecule has 2 aromatic rings. The highest BCUT2D eigenvalue weighted by Crippen LogP contribution is 2.37. The van der Waals surface area contributed by atoms with E-state index < -0.39 is 0 Å². The largest absolute Gasteiger partial charge is 0.488 e. The fraction of sp³-hybridized carbons (Fsp3) is 0.294. The summed E-state index contributed by atoms with van der Waals surface area (Å²) < 4.78 is 18.9. The number of halogens is 1. The second kappa shape index (κ2) is 5.25. The Bertz CT molecular complexity index is 596. The fourth-order valence-electron chi connectivity index (χ4n) is 2.89. The molecule has 0 bridgehead atoms. The molecule has 0 radical (unpaired) electrons. The Morgan fingerprint density at radius 1 is 1.05 bits per heavy atom. The molecule has 2 aromatic carbocycles. The lowest BCUT2D eigenvalue weighted by molar-refractivity contribution is 0.144. The zero-order valence-electron chi connectivity index (χ0n) is 11.4. The molecule has 1 aliphatic carbocycles. The van der Waals surface area contributed by atoms with Gasteiger partial charge in [0.25, 0.3) is 0 Å². The summed E-state index contributed by atoms with van der Waals surface area (Å²) >= 11 is 0. The summed E-state index contributed by atoms with van der Waals surface area (Å²) in [6.07, 6.45) is 0.792. The van der Waals surface area contributed by atoms with E-state index in [1.807, 2.05) is 12.1 Å². The third kappa shape index (κ3) is 2.41. The number of nitrogens with two attached hydrogens (primary N) is 1. The van der Waals surface area contributed by atoms with Crippen LogP contribution in [0.1, 0.15) is 36.4 Å². The second-order valence-electron chi connectivity index (χ2n) is 5.40. The quantitative estimate of drug-likeness (QED) is 0.902. The highest BCUT2D eigenvalue weighted by atomic mass is 19.1. The number of benzene rings is 2. The topological polar surface area (TPSA) is 35.2 Å². The Morgan fingerprint density at radius 2 is 1.70 bits per heavy atom. The van der Waals surface area contributed by atoms with Gasteiger partial charge >= 0.3 is 0 Å². The number of hydrogen-bond donors (Lipinski definition) is 1. The van der Waals surface area contributed by atoms with Crippen molar-refractivity contribution in [3.63, 3.8) is 0 Å². The third-order valence-corrected chi connectivity index (χ3v) is 3.97. The molecule has 2 nitrogen and oxygen atoms in total. The van der Waals surface area contributed by atoms with Crippen LogP contribution in [0.15, 0.2) is 48.5 Å². The van der Waals surface area contributed by atoms with Crippen LogP contribution in [0.25, 0.3) is 0 Å². The minimum absolute atomic E-state index is 0.0784. The molecule has 3 unspecified atom stereocenters. The monoisotopic (exact) mass is 271 g/mol. The van der Waals surface area contributed by atoms with Gasteiger partial charge in [0.2, 0.25) is 0 Å². The van der Waals surface area contributed by atoms with Crippen LogP contribution < -0.4 is 10.5 Å². The fourth-order valence-corrected chi connectivity index (χ4v) is 2.89. The smallest absolute Gasteiger partial charge is 0.123 e. The average molecular weight is 271 g/mol. The molecule has 0 amide bonds. The first-order valence-electron chi connectivity index (χ1n) is 6.92. The van der Waals surface area contributed by atoms with Crippen molar-refractivity contribution in [2.45, 2.75) is 31.4 Å². The molecule has 0 saturated heterocycles. The van der Waals surface area contributed by atoms with Crippen LogP contribution in [0.5, 0.6) is 5.75 Å². The lowest BCUT2D eigenvalue weighted by Gasteiger charge is -2.35.